The number of hydrogen-bond acceptors (Lipinski definition) is 4. The van der Waals surface area contributed by atoms with Gasteiger partial charge in [-0.05, 0) is 26.0 Å². The lowest BCUT2D eigenvalue weighted by molar-refractivity contribution is -0.141. The van der Waals surface area contributed by atoms with Crippen molar-refractivity contribution in [3.63, 3.8) is 0 Å². The summed E-state index contributed by atoms with van der Waals surface area (Å²) in [7, 11) is 0. The van der Waals surface area contributed by atoms with Crippen molar-refractivity contribution in [1.82, 2.24) is 10.3 Å². The number of nitrogens with one attached hydrogen (secondary N) is 2. The van der Waals surface area contributed by atoms with Crippen LogP contribution in [0.5, 0.6) is 0 Å². The maximum Gasteiger partial charge on any atom is 0.328 e. The van der Waals surface area contributed by atoms with Gasteiger partial charge < -0.3 is 20.8 Å². The second kappa shape index (κ2) is 5.97. The fourth-order valence-corrected chi connectivity index (χ4v) is 1.30. The molecule has 0 aliphatic carbocycles. The fourth-order valence-electron chi connectivity index (χ4n) is 1.30. The standard InChI is InChI=1S/C11H15N3O4/c1-6-8(4-3-5-12-6)13-11(18)14-9(7(2)15)10(16)17/h3-5,7,9,15H,1-2H3,(H,16,17)(H2,13,14,18)/t7-,9+/m1/s1. The van der Waals surface area contributed by atoms with Gasteiger partial charge in [-0.1, -0.05) is 0 Å². The van der Waals surface area contributed by atoms with E-state index < -0.39 is 24.1 Å². The molecule has 18 heavy (non-hydrogen) atoms. The molecule has 0 saturated heterocycles. The molecule has 0 saturated carbocycles. The van der Waals surface area contributed by atoms with Crippen molar-refractivity contribution in [3.05, 3.63) is 24.0 Å². The van der Waals surface area contributed by atoms with Gasteiger partial charge in [0, 0.05) is 6.20 Å². The number of carboxylic acid groups (broad SMARTS) is 1. The van der Waals surface area contributed by atoms with Gasteiger partial charge in [0.15, 0.2) is 6.04 Å². The number of urea groups is 1. The summed E-state index contributed by atoms with van der Waals surface area (Å²) < 4.78 is 0. The molecule has 0 fully saturated rings. The maximum atomic E-state index is 11.6. The van der Waals surface area contributed by atoms with Crippen LogP contribution in [0.15, 0.2) is 18.3 Å². The van der Waals surface area contributed by atoms with E-state index in [-0.39, 0.29) is 0 Å². The molecule has 0 bridgehead atoms. The van der Waals surface area contributed by atoms with Gasteiger partial charge in [-0.2, -0.15) is 0 Å². The number of pyridine rings is 1. The van der Waals surface area contributed by atoms with Gasteiger partial charge in [0.25, 0.3) is 0 Å². The molecular formula is C11H15N3O4. The molecule has 0 aliphatic heterocycles. The molecule has 0 aliphatic rings. The fraction of sp³-hybridized carbons (Fsp3) is 0.364. The summed E-state index contributed by atoms with van der Waals surface area (Å²) in [5.41, 5.74) is 1.08. The van der Waals surface area contributed by atoms with Crippen molar-refractivity contribution < 1.29 is 19.8 Å². The molecule has 7 heteroatoms. The first-order valence-electron chi connectivity index (χ1n) is 5.32. The Balaban J connectivity index is 2.67. The van der Waals surface area contributed by atoms with Crippen molar-refractivity contribution in [1.29, 1.82) is 0 Å². The van der Waals surface area contributed by atoms with Crippen molar-refractivity contribution in [2.45, 2.75) is 26.0 Å². The molecule has 0 radical (unpaired) electrons. The molecule has 0 unspecified atom stereocenters. The number of anilines is 1. The summed E-state index contributed by atoms with van der Waals surface area (Å²) >= 11 is 0. The van der Waals surface area contributed by atoms with Crippen LogP contribution in [0.2, 0.25) is 0 Å². The molecule has 4 N–H and O–H groups in total. The molecule has 1 aromatic heterocycles. The van der Waals surface area contributed by atoms with E-state index in [0.29, 0.717) is 11.4 Å². The van der Waals surface area contributed by atoms with E-state index in [1.54, 1.807) is 25.3 Å². The Labute approximate surface area is 104 Å². The predicted octanol–water partition coefficient (Wildman–Crippen LogP) is 0.346. The SMILES string of the molecule is Cc1ncccc1NC(=O)N[C@H](C(=O)O)[C@@H](C)O. The Morgan fingerprint density at radius 3 is 2.61 bits per heavy atom. The Bertz CT molecular complexity index is 448. The molecule has 2 atom stereocenters. The molecule has 98 valence electrons. The van der Waals surface area contributed by atoms with Crippen molar-refractivity contribution in [3.8, 4) is 0 Å². The summed E-state index contributed by atoms with van der Waals surface area (Å²) in [5, 5.41) is 22.6. The largest absolute Gasteiger partial charge is 0.480 e. The van der Waals surface area contributed by atoms with E-state index in [9.17, 15) is 14.7 Å². The van der Waals surface area contributed by atoms with E-state index in [1.807, 2.05) is 0 Å². The van der Waals surface area contributed by atoms with Gasteiger partial charge in [0.05, 0.1) is 17.5 Å². The Morgan fingerprint density at radius 2 is 2.11 bits per heavy atom. The highest BCUT2D eigenvalue weighted by molar-refractivity contribution is 5.92. The second-order valence-electron chi connectivity index (χ2n) is 3.79. The van der Waals surface area contributed by atoms with Crippen LogP contribution >= 0.6 is 0 Å². The first-order chi connectivity index (χ1) is 8.41. The van der Waals surface area contributed by atoms with Gasteiger partial charge in [-0.3, -0.25) is 4.98 Å². The number of aliphatic hydroxyl groups is 1. The van der Waals surface area contributed by atoms with Crippen LogP contribution < -0.4 is 10.6 Å². The van der Waals surface area contributed by atoms with Crippen LogP contribution in [-0.2, 0) is 4.79 Å². The number of aliphatic hydroxyl groups excluding tert-OH is 1. The number of nitrogens with zero attached hydrogens (tertiary/aromatic N) is 1. The number of rotatable bonds is 4. The second-order valence-corrected chi connectivity index (χ2v) is 3.79. The maximum absolute atomic E-state index is 11.6. The van der Waals surface area contributed by atoms with E-state index in [0.717, 1.165) is 0 Å². The molecule has 1 heterocycles. The first-order valence-corrected chi connectivity index (χ1v) is 5.32. The minimum absolute atomic E-state index is 0.477. The van der Waals surface area contributed by atoms with Crippen LogP contribution in [0.4, 0.5) is 10.5 Å². The smallest absolute Gasteiger partial charge is 0.328 e. The quantitative estimate of drug-likeness (QED) is 0.618. The minimum Gasteiger partial charge on any atom is -0.480 e. The monoisotopic (exact) mass is 253 g/mol. The number of aryl methyl sites for hydroxylation is 1. The average molecular weight is 253 g/mol. The summed E-state index contributed by atoms with van der Waals surface area (Å²) in [5.74, 6) is -1.30. The van der Waals surface area contributed by atoms with E-state index >= 15 is 0 Å². The third-order valence-electron chi connectivity index (χ3n) is 2.29. The summed E-state index contributed by atoms with van der Waals surface area (Å²) in [6.45, 7) is 2.99. The summed E-state index contributed by atoms with van der Waals surface area (Å²) in [4.78, 5) is 26.3. The van der Waals surface area contributed by atoms with Gasteiger partial charge in [0.1, 0.15) is 0 Å². The van der Waals surface area contributed by atoms with Crippen LogP contribution in [0.1, 0.15) is 12.6 Å². The molecular weight excluding hydrogens is 238 g/mol. The normalized spacial score (nSPS) is 13.5. The lowest BCUT2D eigenvalue weighted by Crippen LogP contribution is -2.49. The van der Waals surface area contributed by atoms with Crippen LogP contribution in [0, 0.1) is 6.92 Å². The molecule has 7 nitrogen and oxygen atoms in total. The van der Waals surface area contributed by atoms with Crippen LogP contribution in [0.3, 0.4) is 0 Å². The minimum atomic E-state index is -1.36. The number of hydrogen-bond donors (Lipinski definition) is 4. The Hall–Kier alpha value is -2.15. The zero-order chi connectivity index (χ0) is 13.7. The number of aliphatic carboxylic acids is 1. The van der Waals surface area contributed by atoms with Gasteiger partial charge in [-0.25, -0.2) is 9.59 Å². The lowest BCUT2D eigenvalue weighted by atomic mass is 10.2. The third kappa shape index (κ3) is 3.70. The number of carbonyl (C=O) groups excluding carboxylic acids is 1. The number of amides is 2. The van der Waals surface area contributed by atoms with E-state index in [2.05, 4.69) is 15.6 Å². The zero-order valence-electron chi connectivity index (χ0n) is 10.0. The van der Waals surface area contributed by atoms with Gasteiger partial charge in [-0.15, -0.1) is 0 Å². The first kappa shape index (κ1) is 13.9. The third-order valence-corrected chi connectivity index (χ3v) is 2.29. The molecule has 0 spiro atoms. The van der Waals surface area contributed by atoms with Gasteiger partial charge in [0.2, 0.25) is 0 Å². The highest BCUT2D eigenvalue weighted by atomic mass is 16.4. The highest BCUT2D eigenvalue weighted by Gasteiger charge is 2.24. The van der Waals surface area contributed by atoms with E-state index in [1.165, 1.54) is 6.92 Å². The predicted molar refractivity (Wildman–Crippen MR) is 64.2 cm³/mol. The van der Waals surface area contributed by atoms with Crippen molar-refractivity contribution >= 4 is 17.7 Å². The topological polar surface area (TPSA) is 112 Å². The van der Waals surface area contributed by atoms with Gasteiger partial charge >= 0.3 is 12.0 Å². The lowest BCUT2D eigenvalue weighted by Gasteiger charge is -2.17. The van der Waals surface area contributed by atoms with Crippen LogP contribution in [-0.4, -0.2) is 39.3 Å². The van der Waals surface area contributed by atoms with Crippen LogP contribution in [0.25, 0.3) is 0 Å². The van der Waals surface area contributed by atoms with Crippen molar-refractivity contribution in [2.24, 2.45) is 0 Å². The van der Waals surface area contributed by atoms with Crippen molar-refractivity contribution in [2.75, 3.05) is 5.32 Å². The Morgan fingerprint density at radius 1 is 1.44 bits per heavy atom. The number of carbonyl (C=O) groups is 2. The molecule has 1 rings (SSSR count). The van der Waals surface area contributed by atoms with E-state index in [4.69, 9.17) is 5.11 Å². The molecule has 0 aromatic carbocycles. The number of aromatic nitrogens is 1. The molecule has 2 amide bonds. The Kier molecular flexibility index (Phi) is 4.61. The molecule has 1 aromatic rings. The zero-order valence-corrected chi connectivity index (χ0v) is 10.0. The number of carboxylic acids is 1. The summed E-state index contributed by atoms with van der Waals surface area (Å²) in [6, 6.07) is 1.22. The summed E-state index contributed by atoms with van der Waals surface area (Å²) in [6.07, 6.45) is 0.386. The highest BCUT2D eigenvalue weighted by Crippen LogP contribution is 2.09. The average Bonchev–Trinajstić information content (AvgIpc) is 2.28.